The lowest BCUT2D eigenvalue weighted by molar-refractivity contribution is -0.274. The molecule has 0 atom stereocenters. The van der Waals surface area contributed by atoms with Crippen LogP contribution in [0.5, 0.6) is 5.75 Å². The van der Waals surface area contributed by atoms with Gasteiger partial charge in [-0.3, -0.25) is 0 Å². The molecule has 17 heavy (non-hydrogen) atoms. The van der Waals surface area contributed by atoms with Crippen LogP contribution >= 0.6 is 0 Å². The third-order valence-corrected chi connectivity index (χ3v) is 1.60. The molecule has 0 saturated carbocycles. The van der Waals surface area contributed by atoms with Crippen LogP contribution in [0.15, 0.2) is 6.07 Å². The van der Waals surface area contributed by atoms with E-state index in [9.17, 15) is 22.0 Å². The number of anilines is 1. The molecule has 9 heteroatoms. The molecular weight excluding hydrogens is 249 g/mol. The Morgan fingerprint density at radius 3 is 2.41 bits per heavy atom. The maximum atomic E-state index is 12.4. The van der Waals surface area contributed by atoms with E-state index in [1.54, 1.807) is 0 Å². The van der Waals surface area contributed by atoms with Gasteiger partial charge in [-0.25, -0.2) is 13.8 Å². The smallest absolute Gasteiger partial charge is 0.403 e. The maximum Gasteiger partial charge on any atom is 0.573 e. The Hall–Kier alpha value is -2.11. The molecule has 0 unspecified atom stereocenters. The minimum atomic E-state index is -5.10. The number of nitrogens with two attached hydrogens (primary N) is 1. The molecule has 0 aromatic carbocycles. The van der Waals surface area contributed by atoms with Gasteiger partial charge in [0.15, 0.2) is 5.75 Å². The van der Waals surface area contributed by atoms with E-state index in [1.165, 1.54) is 6.07 Å². The molecule has 0 aliphatic carbocycles. The quantitative estimate of drug-likeness (QED) is 0.821. The molecule has 0 aliphatic heterocycles. The molecule has 92 valence electrons. The first-order valence-corrected chi connectivity index (χ1v) is 3.99. The summed E-state index contributed by atoms with van der Waals surface area (Å²) in [5.41, 5.74) is 2.32. The predicted octanol–water partition coefficient (Wildman–Crippen LogP) is 2.37. The number of halogens is 5. The summed E-state index contributed by atoms with van der Waals surface area (Å²) in [5.74, 6) is -1.07. The highest BCUT2D eigenvalue weighted by atomic mass is 19.4. The van der Waals surface area contributed by atoms with Crippen molar-refractivity contribution in [3.05, 3.63) is 17.5 Å². The summed E-state index contributed by atoms with van der Waals surface area (Å²) in [4.78, 5) is 3.10. The second-order valence-corrected chi connectivity index (χ2v) is 2.76. The summed E-state index contributed by atoms with van der Waals surface area (Å²) in [7, 11) is 0. The number of nitriles is 1. The summed E-state index contributed by atoms with van der Waals surface area (Å²) >= 11 is 0. The van der Waals surface area contributed by atoms with Gasteiger partial charge in [-0.2, -0.15) is 5.26 Å². The van der Waals surface area contributed by atoms with E-state index >= 15 is 0 Å². The van der Waals surface area contributed by atoms with Crippen molar-refractivity contribution in [3.8, 4) is 11.8 Å². The van der Waals surface area contributed by atoms with Crippen LogP contribution < -0.4 is 10.5 Å². The largest absolute Gasteiger partial charge is 0.573 e. The Balaban J connectivity index is 3.30. The van der Waals surface area contributed by atoms with Crippen molar-refractivity contribution in [2.75, 3.05) is 5.73 Å². The Morgan fingerprint density at radius 2 is 2.00 bits per heavy atom. The number of nitrogens with zero attached hydrogens (tertiary/aromatic N) is 2. The molecule has 1 heterocycles. The zero-order valence-corrected chi connectivity index (χ0v) is 7.92. The van der Waals surface area contributed by atoms with E-state index in [-0.39, 0.29) is 0 Å². The lowest BCUT2D eigenvalue weighted by atomic mass is 10.2. The molecule has 1 aromatic heterocycles. The van der Waals surface area contributed by atoms with Crippen molar-refractivity contribution in [2.45, 2.75) is 12.8 Å². The number of nitrogen functional groups attached to an aromatic ring is 1. The zero-order chi connectivity index (χ0) is 13.2. The normalized spacial score (nSPS) is 11.4. The topological polar surface area (TPSA) is 71.9 Å². The number of rotatable bonds is 2. The first kappa shape index (κ1) is 13.0. The number of ether oxygens (including phenoxy) is 1. The Kier molecular flexibility index (Phi) is 3.36. The van der Waals surface area contributed by atoms with Crippen LogP contribution in [0.3, 0.4) is 0 Å². The number of alkyl halides is 5. The van der Waals surface area contributed by atoms with Crippen molar-refractivity contribution in [1.82, 2.24) is 4.98 Å². The second-order valence-electron chi connectivity index (χ2n) is 2.76. The van der Waals surface area contributed by atoms with E-state index in [2.05, 4.69) is 9.72 Å². The van der Waals surface area contributed by atoms with Crippen molar-refractivity contribution in [3.63, 3.8) is 0 Å². The summed E-state index contributed by atoms with van der Waals surface area (Å²) in [6.07, 6.45) is -8.31. The molecule has 4 nitrogen and oxygen atoms in total. The minimum absolute atomic E-state index is 0.536. The predicted molar refractivity (Wildman–Crippen MR) is 45.0 cm³/mol. The molecule has 0 aliphatic rings. The van der Waals surface area contributed by atoms with Gasteiger partial charge >= 0.3 is 6.36 Å². The van der Waals surface area contributed by atoms with Gasteiger partial charge in [-0.1, -0.05) is 0 Å². The van der Waals surface area contributed by atoms with Gasteiger partial charge in [0.05, 0.1) is 0 Å². The van der Waals surface area contributed by atoms with E-state index in [0.29, 0.717) is 6.07 Å². The standard InChI is InChI=1S/C8H4F5N3O/c9-7(10)6-5(15)4(17-8(11,12)13)1-3(2-14)16-6/h1,7H,15H2. The molecule has 0 radical (unpaired) electrons. The van der Waals surface area contributed by atoms with Gasteiger partial charge in [-0.05, 0) is 0 Å². The van der Waals surface area contributed by atoms with Gasteiger partial charge in [0.25, 0.3) is 6.43 Å². The number of aromatic nitrogens is 1. The third kappa shape index (κ3) is 3.17. The average molecular weight is 253 g/mol. The van der Waals surface area contributed by atoms with Crippen molar-refractivity contribution in [1.29, 1.82) is 5.26 Å². The second kappa shape index (κ2) is 4.40. The monoisotopic (exact) mass is 253 g/mol. The highest BCUT2D eigenvalue weighted by molar-refractivity contribution is 5.58. The lowest BCUT2D eigenvalue weighted by Crippen LogP contribution is -2.19. The van der Waals surface area contributed by atoms with E-state index in [1.807, 2.05) is 0 Å². The molecule has 0 fully saturated rings. The van der Waals surface area contributed by atoms with Gasteiger partial charge in [-0.15, -0.1) is 13.2 Å². The molecule has 2 N–H and O–H groups in total. The molecule has 1 aromatic rings. The van der Waals surface area contributed by atoms with Gasteiger partial charge < -0.3 is 10.5 Å². The summed E-state index contributed by atoms with van der Waals surface area (Å²) in [6, 6.07) is 1.86. The first-order valence-electron chi connectivity index (χ1n) is 3.99. The van der Waals surface area contributed by atoms with Crippen LogP contribution in [0.1, 0.15) is 17.8 Å². The highest BCUT2D eigenvalue weighted by Gasteiger charge is 2.33. The lowest BCUT2D eigenvalue weighted by Gasteiger charge is -2.13. The number of hydrogen-bond acceptors (Lipinski definition) is 4. The van der Waals surface area contributed by atoms with Crippen molar-refractivity contribution < 1.29 is 26.7 Å². The molecule has 0 amide bonds. The Bertz CT molecular complexity index is 465. The zero-order valence-electron chi connectivity index (χ0n) is 7.92. The Labute approximate surface area is 91.4 Å². The fourth-order valence-electron chi connectivity index (χ4n) is 0.983. The number of hydrogen-bond donors (Lipinski definition) is 1. The van der Waals surface area contributed by atoms with Crippen LogP contribution in [0.25, 0.3) is 0 Å². The van der Waals surface area contributed by atoms with E-state index in [0.717, 1.165) is 0 Å². The molecule has 1 rings (SSSR count). The first-order chi connectivity index (χ1) is 7.74. The van der Waals surface area contributed by atoms with Crippen molar-refractivity contribution in [2.24, 2.45) is 0 Å². The highest BCUT2D eigenvalue weighted by Crippen LogP contribution is 2.34. The van der Waals surface area contributed by atoms with Crippen LogP contribution in [0.2, 0.25) is 0 Å². The van der Waals surface area contributed by atoms with Crippen LogP contribution in [0, 0.1) is 11.3 Å². The van der Waals surface area contributed by atoms with Gasteiger partial charge in [0, 0.05) is 6.07 Å². The summed E-state index contributed by atoms with van der Waals surface area (Å²) in [6.45, 7) is 0. The molecular formula is C8H4F5N3O. The fourth-order valence-corrected chi connectivity index (χ4v) is 0.983. The minimum Gasteiger partial charge on any atom is -0.403 e. The van der Waals surface area contributed by atoms with Gasteiger partial charge in [0.1, 0.15) is 23.1 Å². The molecule has 0 bridgehead atoms. The Morgan fingerprint density at radius 1 is 1.41 bits per heavy atom. The maximum absolute atomic E-state index is 12.4. The summed E-state index contributed by atoms with van der Waals surface area (Å²) in [5, 5.41) is 8.42. The van der Waals surface area contributed by atoms with Crippen LogP contribution in [-0.4, -0.2) is 11.3 Å². The van der Waals surface area contributed by atoms with Crippen LogP contribution in [0.4, 0.5) is 27.6 Å². The third-order valence-electron chi connectivity index (χ3n) is 1.60. The average Bonchev–Trinajstić information content (AvgIpc) is 2.18. The SMILES string of the molecule is N#Cc1cc(OC(F)(F)F)c(N)c(C(F)F)n1. The van der Waals surface area contributed by atoms with Gasteiger partial charge in [0.2, 0.25) is 0 Å². The van der Waals surface area contributed by atoms with E-state index < -0.39 is 35.6 Å². The van der Waals surface area contributed by atoms with Crippen molar-refractivity contribution >= 4 is 5.69 Å². The molecule has 0 saturated heterocycles. The number of pyridine rings is 1. The van der Waals surface area contributed by atoms with Crippen LogP contribution in [-0.2, 0) is 0 Å². The fraction of sp³-hybridized carbons (Fsp3) is 0.250. The summed E-state index contributed by atoms with van der Waals surface area (Å²) < 4.78 is 63.9. The molecule has 0 spiro atoms. The van der Waals surface area contributed by atoms with E-state index in [4.69, 9.17) is 11.0 Å².